The molecule has 4 fully saturated rings. The maximum atomic E-state index is 12.1. The number of allylic oxidation sites excluding steroid dienone is 1. The first-order chi connectivity index (χ1) is 16.5. The third-order valence-corrected chi connectivity index (χ3v) is 8.62. The lowest BCUT2D eigenvalue weighted by atomic mass is 9.73. The summed E-state index contributed by atoms with van der Waals surface area (Å²) >= 11 is 0. The number of piperidine rings is 3. The number of hydrogen-bond acceptors (Lipinski definition) is 4. The van der Waals surface area contributed by atoms with E-state index in [0.29, 0.717) is 24.5 Å². The van der Waals surface area contributed by atoms with E-state index < -0.39 is 5.60 Å². The van der Waals surface area contributed by atoms with Crippen LogP contribution in [0.25, 0.3) is 0 Å². The van der Waals surface area contributed by atoms with Crippen LogP contribution in [0.4, 0.5) is 0 Å². The minimum Gasteiger partial charge on any atom is -0.436 e. The Labute approximate surface area is 204 Å². The van der Waals surface area contributed by atoms with Crippen LogP contribution in [-0.2, 0) is 16.9 Å². The fourth-order valence-electron chi connectivity index (χ4n) is 6.60. The van der Waals surface area contributed by atoms with Crippen molar-refractivity contribution < 1.29 is 18.7 Å². The van der Waals surface area contributed by atoms with Crippen LogP contribution in [-0.4, -0.2) is 46.9 Å². The molecule has 1 N–H and O–H groups in total. The van der Waals surface area contributed by atoms with Crippen molar-refractivity contribution in [2.24, 2.45) is 11.8 Å². The molecule has 0 spiro atoms. The number of oxazole rings is 1. The lowest BCUT2D eigenvalue weighted by Gasteiger charge is -2.51. The Morgan fingerprint density at radius 3 is 2.56 bits per heavy atom. The largest absolute Gasteiger partial charge is 0.436 e. The fourth-order valence-corrected chi connectivity index (χ4v) is 6.60. The Bertz CT molecular complexity index is 966. The molecule has 1 aromatic heterocycles. The summed E-state index contributed by atoms with van der Waals surface area (Å²) in [4.78, 5) is 4.71. The van der Waals surface area contributed by atoms with E-state index in [0.717, 1.165) is 54.6 Å². The zero-order valence-corrected chi connectivity index (χ0v) is 20.9. The molecular formula is C29H41N2O3+. The van der Waals surface area contributed by atoms with Gasteiger partial charge in [0.2, 0.25) is 5.89 Å². The van der Waals surface area contributed by atoms with Gasteiger partial charge in [-0.3, -0.25) is 0 Å². The summed E-state index contributed by atoms with van der Waals surface area (Å²) in [6, 6.07) is 10.0. The number of nitrogens with zero attached hydrogens (tertiary/aromatic N) is 2. The minimum absolute atomic E-state index is 0.140. The molecule has 2 bridgehead atoms. The molecule has 5 heteroatoms. The second-order valence-electron chi connectivity index (χ2n) is 11.2. The van der Waals surface area contributed by atoms with Gasteiger partial charge in [0, 0.05) is 24.7 Å². The van der Waals surface area contributed by atoms with Gasteiger partial charge < -0.3 is 18.7 Å². The topological polar surface area (TPSA) is 55.5 Å². The Kier molecular flexibility index (Phi) is 6.97. The van der Waals surface area contributed by atoms with Gasteiger partial charge in [-0.05, 0) is 32.3 Å². The number of benzene rings is 1. The molecule has 1 aromatic carbocycles. The molecule has 3 aliphatic heterocycles. The third-order valence-electron chi connectivity index (χ3n) is 8.62. The van der Waals surface area contributed by atoms with Crippen LogP contribution in [0.5, 0.6) is 0 Å². The minimum atomic E-state index is -1.16. The van der Waals surface area contributed by atoms with Crippen molar-refractivity contribution in [3.05, 3.63) is 65.4 Å². The first-order valence-electron chi connectivity index (χ1n) is 13.3. The maximum absolute atomic E-state index is 12.1. The van der Waals surface area contributed by atoms with E-state index in [1.807, 2.05) is 36.5 Å². The smallest absolute Gasteiger partial charge is 0.231 e. The zero-order valence-electron chi connectivity index (χ0n) is 20.9. The number of hydrogen-bond donors (Lipinski definition) is 1. The van der Waals surface area contributed by atoms with Gasteiger partial charge in [-0.2, -0.15) is 0 Å². The number of aromatic nitrogens is 1. The van der Waals surface area contributed by atoms with E-state index in [1.54, 1.807) is 0 Å². The Morgan fingerprint density at radius 1 is 1.12 bits per heavy atom. The SMILES string of the molecule is CC(C)=CCO[C@@H]1C[N+]2(Cc3cnc([C@](O)(c4ccccc4)C4CCCCC4)o3)CCC1CC2. The van der Waals surface area contributed by atoms with Crippen molar-refractivity contribution in [2.75, 3.05) is 26.2 Å². The molecule has 1 aliphatic carbocycles. The molecule has 0 amide bonds. The van der Waals surface area contributed by atoms with Crippen molar-refractivity contribution in [1.29, 1.82) is 0 Å². The van der Waals surface area contributed by atoms with Crippen LogP contribution < -0.4 is 0 Å². The van der Waals surface area contributed by atoms with E-state index in [2.05, 4.69) is 19.9 Å². The van der Waals surface area contributed by atoms with Gasteiger partial charge in [-0.25, -0.2) is 4.98 Å². The molecule has 6 rings (SSSR count). The van der Waals surface area contributed by atoms with Crippen LogP contribution >= 0.6 is 0 Å². The van der Waals surface area contributed by atoms with Crippen molar-refractivity contribution in [3.63, 3.8) is 0 Å². The Balaban J connectivity index is 1.35. The summed E-state index contributed by atoms with van der Waals surface area (Å²) in [5, 5.41) is 12.1. The lowest BCUT2D eigenvalue weighted by molar-refractivity contribution is -0.959. The predicted molar refractivity (Wildman–Crippen MR) is 133 cm³/mol. The first-order valence-corrected chi connectivity index (χ1v) is 13.3. The highest BCUT2D eigenvalue weighted by molar-refractivity contribution is 5.30. The number of aliphatic hydroxyl groups is 1. The second kappa shape index (κ2) is 9.96. The van der Waals surface area contributed by atoms with E-state index >= 15 is 0 Å². The maximum Gasteiger partial charge on any atom is 0.231 e. The summed E-state index contributed by atoms with van der Waals surface area (Å²) in [6.45, 7) is 9.18. The van der Waals surface area contributed by atoms with E-state index in [-0.39, 0.29) is 5.92 Å². The summed E-state index contributed by atoms with van der Waals surface area (Å²) in [5.41, 5.74) is 1.04. The quantitative estimate of drug-likeness (QED) is 0.408. The number of rotatable bonds is 8. The monoisotopic (exact) mass is 465 g/mol. The predicted octanol–water partition coefficient (Wildman–Crippen LogP) is 5.58. The molecule has 4 aliphatic rings. The number of ether oxygens (including phenoxy) is 1. The number of quaternary nitrogens is 1. The molecule has 3 saturated heterocycles. The van der Waals surface area contributed by atoms with Crippen LogP contribution in [0.2, 0.25) is 0 Å². The molecule has 2 aromatic rings. The zero-order chi connectivity index (χ0) is 23.6. The molecule has 0 radical (unpaired) electrons. The van der Waals surface area contributed by atoms with Crippen LogP contribution in [0.1, 0.15) is 76.0 Å². The molecule has 5 nitrogen and oxygen atoms in total. The summed E-state index contributed by atoms with van der Waals surface area (Å²) in [5.74, 6) is 2.19. The van der Waals surface area contributed by atoms with E-state index in [4.69, 9.17) is 14.1 Å². The van der Waals surface area contributed by atoms with Crippen molar-refractivity contribution in [2.45, 2.75) is 77.0 Å². The van der Waals surface area contributed by atoms with Gasteiger partial charge in [-0.1, -0.05) is 61.2 Å². The second-order valence-corrected chi connectivity index (χ2v) is 11.2. The Hall–Kier alpha value is -1.95. The highest BCUT2D eigenvalue weighted by atomic mass is 16.5. The van der Waals surface area contributed by atoms with Crippen LogP contribution in [0.15, 0.2) is 52.6 Å². The highest BCUT2D eigenvalue weighted by Crippen LogP contribution is 2.44. The van der Waals surface area contributed by atoms with Crippen LogP contribution in [0, 0.1) is 11.8 Å². The molecule has 0 unspecified atom stereocenters. The van der Waals surface area contributed by atoms with E-state index in [1.165, 1.54) is 37.9 Å². The molecule has 4 heterocycles. The third kappa shape index (κ3) is 4.75. The molecule has 184 valence electrons. The first kappa shape index (κ1) is 23.8. The van der Waals surface area contributed by atoms with Gasteiger partial charge in [0.1, 0.15) is 19.2 Å². The standard InChI is InChI=1S/C29H41N2O3/c1-22(2)15-18-33-27-21-31(16-13-23(27)14-17-31)20-26-19-30-28(34-26)29(32,24-9-5-3-6-10-24)25-11-7-4-8-12-25/h3,5-6,9-10,15,19,23,25,27,32H,4,7-8,11-14,16-18,20-21H2,1-2H3/q+1/t23?,27-,29+,31?/m1/s1. The fraction of sp³-hybridized carbons (Fsp3) is 0.621. The average Bonchev–Trinajstić information content (AvgIpc) is 3.33. The molecule has 2 atom stereocenters. The highest BCUT2D eigenvalue weighted by Gasteiger charge is 2.48. The van der Waals surface area contributed by atoms with Crippen molar-refractivity contribution >= 4 is 0 Å². The van der Waals surface area contributed by atoms with E-state index in [9.17, 15) is 5.11 Å². The average molecular weight is 466 g/mol. The van der Waals surface area contributed by atoms with Crippen molar-refractivity contribution in [1.82, 2.24) is 4.98 Å². The van der Waals surface area contributed by atoms with Crippen molar-refractivity contribution in [3.8, 4) is 0 Å². The van der Waals surface area contributed by atoms with Gasteiger partial charge in [0.25, 0.3) is 0 Å². The van der Waals surface area contributed by atoms with Gasteiger partial charge in [0.15, 0.2) is 11.4 Å². The summed E-state index contributed by atoms with van der Waals surface area (Å²) in [6.07, 6.45) is 12.4. The molecular weight excluding hydrogens is 424 g/mol. The lowest BCUT2D eigenvalue weighted by Crippen LogP contribution is -2.63. The molecule has 34 heavy (non-hydrogen) atoms. The summed E-state index contributed by atoms with van der Waals surface area (Å²) in [7, 11) is 0. The van der Waals surface area contributed by atoms with Crippen LogP contribution in [0.3, 0.4) is 0 Å². The van der Waals surface area contributed by atoms with Gasteiger partial charge in [0.05, 0.1) is 25.9 Å². The number of fused-ring (bicyclic) bond motifs is 3. The normalized spacial score (nSPS) is 29.0. The van der Waals surface area contributed by atoms with Gasteiger partial charge in [-0.15, -0.1) is 0 Å². The van der Waals surface area contributed by atoms with Gasteiger partial charge >= 0.3 is 0 Å². The summed E-state index contributed by atoms with van der Waals surface area (Å²) < 4.78 is 13.7. The Morgan fingerprint density at radius 2 is 1.85 bits per heavy atom. The molecule has 1 saturated carbocycles.